The van der Waals surface area contributed by atoms with Crippen LogP contribution < -0.4 is 20.3 Å². The number of anilines is 2. The molecule has 216 valence electrons. The third-order valence-electron chi connectivity index (χ3n) is 8.81. The molecule has 4 aliphatic heterocycles. The van der Waals surface area contributed by atoms with Gasteiger partial charge in [-0.2, -0.15) is 0 Å². The summed E-state index contributed by atoms with van der Waals surface area (Å²) in [5.41, 5.74) is 8.70. The summed E-state index contributed by atoms with van der Waals surface area (Å²) >= 11 is 0. The molecule has 4 unspecified atom stereocenters. The first kappa shape index (κ1) is 29.5. The van der Waals surface area contributed by atoms with Gasteiger partial charge in [-0.1, -0.05) is 41.0 Å². The molecule has 0 saturated carbocycles. The van der Waals surface area contributed by atoms with Crippen LogP contribution in [-0.4, -0.2) is 71.1 Å². The van der Waals surface area contributed by atoms with Gasteiger partial charge in [0.1, 0.15) is 12.3 Å². The molecule has 2 aromatic rings. The Hall–Kier alpha value is -2.49. The van der Waals surface area contributed by atoms with E-state index in [2.05, 4.69) is 28.6 Å². The van der Waals surface area contributed by atoms with Crippen molar-refractivity contribution < 1.29 is 14.6 Å². The van der Waals surface area contributed by atoms with Crippen LogP contribution in [-0.2, 0) is 11.3 Å². The van der Waals surface area contributed by atoms with E-state index in [-0.39, 0.29) is 24.2 Å². The number of nitrogens with two attached hydrogens (primary N) is 1. The Morgan fingerprint density at radius 1 is 1.13 bits per heavy atom. The van der Waals surface area contributed by atoms with Crippen molar-refractivity contribution in [3.05, 3.63) is 24.2 Å². The number of piperidine rings is 1. The number of aliphatic hydroxyl groups excluding tert-OH is 1. The number of aliphatic hydroxyl groups is 1. The molecule has 9 nitrogen and oxygen atoms in total. The Labute approximate surface area is 234 Å². The standard InChI is InChI=1S/C26H36N6O3.2C2H6/c1-3-17-10-18-14-34-22-19(4-7-28-25(22)32(18)12-17)20-11-29-24(21(13-33)30-20)31-8-5-26(6-9-31)15-35-16(2)23(26)27;2*1-2/h4,7,11,16-18,23,33H,3,5-6,8-10,12-15,27H2,1-2H3;2*1-2H3. The minimum Gasteiger partial charge on any atom is -0.487 e. The third-order valence-corrected chi connectivity index (χ3v) is 8.81. The van der Waals surface area contributed by atoms with Crippen LogP contribution in [0.3, 0.4) is 0 Å². The molecule has 0 aromatic carbocycles. The Balaban J connectivity index is 0.000000845. The number of rotatable bonds is 4. The van der Waals surface area contributed by atoms with Crippen molar-refractivity contribution in [2.45, 2.75) is 92.0 Å². The van der Waals surface area contributed by atoms with E-state index < -0.39 is 0 Å². The van der Waals surface area contributed by atoms with E-state index in [0.717, 1.165) is 68.5 Å². The van der Waals surface area contributed by atoms with E-state index in [1.807, 2.05) is 40.0 Å². The van der Waals surface area contributed by atoms with Crippen molar-refractivity contribution >= 4 is 11.6 Å². The lowest BCUT2D eigenvalue weighted by Gasteiger charge is -2.41. The monoisotopic (exact) mass is 540 g/mol. The van der Waals surface area contributed by atoms with E-state index >= 15 is 0 Å². The Kier molecular flexibility index (Phi) is 9.67. The fraction of sp³-hybridized carbons (Fsp3) is 0.700. The maximum absolute atomic E-state index is 10.2. The second kappa shape index (κ2) is 12.8. The average Bonchev–Trinajstić information content (AvgIpc) is 3.56. The molecule has 0 radical (unpaired) electrons. The number of fused-ring (bicyclic) bond motifs is 3. The Morgan fingerprint density at radius 2 is 1.87 bits per heavy atom. The maximum Gasteiger partial charge on any atom is 0.172 e. The highest BCUT2D eigenvalue weighted by molar-refractivity contribution is 5.75. The zero-order chi connectivity index (χ0) is 28.2. The van der Waals surface area contributed by atoms with Gasteiger partial charge in [-0.05, 0) is 38.2 Å². The van der Waals surface area contributed by atoms with Crippen molar-refractivity contribution in [1.82, 2.24) is 15.0 Å². The molecule has 3 fully saturated rings. The van der Waals surface area contributed by atoms with E-state index in [1.165, 1.54) is 6.42 Å². The molecule has 0 bridgehead atoms. The smallest absolute Gasteiger partial charge is 0.172 e. The van der Waals surface area contributed by atoms with Gasteiger partial charge in [0.05, 0.1) is 37.3 Å². The molecule has 39 heavy (non-hydrogen) atoms. The number of hydrogen-bond donors (Lipinski definition) is 2. The van der Waals surface area contributed by atoms with Gasteiger partial charge in [-0.3, -0.25) is 0 Å². The number of nitrogens with zero attached hydrogens (tertiary/aromatic N) is 5. The van der Waals surface area contributed by atoms with Crippen molar-refractivity contribution in [2.24, 2.45) is 17.1 Å². The van der Waals surface area contributed by atoms with E-state index in [1.54, 1.807) is 6.20 Å². The van der Waals surface area contributed by atoms with Crippen LogP contribution in [0.4, 0.5) is 11.6 Å². The van der Waals surface area contributed by atoms with Gasteiger partial charge in [0.15, 0.2) is 17.4 Å². The molecule has 0 amide bonds. The highest BCUT2D eigenvalue weighted by Crippen LogP contribution is 2.45. The normalized spacial score (nSPS) is 26.6. The molecule has 0 aliphatic carbocycles. The Bertz CT molecular complexity index is 1090. The zero-order valence-corrected chi connectivity index (χ0v) is 24.7. The summed E-state index contributed by atoms with van der Waals surface area (Å²) in [6.07, 6.45) is 7.96. The minimum atomic E-state index is -0.169. The lowest BCUT2D eigenvalue weighted by atomic mass is 9.73. The summed E-state index contributed by atoms with van der Waals surface area (Å²) in [6.45, 7) is 16.2. The van der Waals surface area contributed by atoms with E-state index in [9.17, 15) is 5.11 Å². The summed E-state index contributed by atoms with van der Waals surface area (Å²) in [7, 11) is 0. The maximum atomic E-state index is 10.2. The van der Waals surface area contributed by atoms with E-state index in [0.29, 0.717) is 30.0 Å². The van der Waals surface area contributed by atoms with Crippen LogP contribution in [0, 0.1) is 11.3 Å². The number of ether oxygens (including phenoxy) is 2. The fourth-order valence-corrected chi connectivity index (χ4v) is 6.45. The van der Waals surface area contributed by atoms with Gasteiger partial charge in [0.2, 0.25) is 0 Å². The molecule has 4 aliphatic rings. The molecule has 9 heteroatoms. The number of pyridine rings is 1. The molecule has 3 N–H and O–H groups in total. The highest BCUT2D eigenvalue weighted by atomic mass is 16.5. The lowest BCUT2D eigenvalue weighted by Crippen LogP contribution is -2.51. The van der Waals surface area contributed by atoms with Crippen LogP contribution in [0.15, 0.2) is 18.5 Å². The highest BCUT2D eigenvalue weighted by Gasteiger charge is 2.48. The molecular formula is C30H48N6O3. The summed E-state index contributed by atoms with van der Waals surface area (Å²) in [5, 5.41) is 10.2. The molecule has 1 spiro atoms. The predicted molar refractivity (Wildman–Crippen MR) is 156 cm³/mol. The van der Waals surface area contributed by atoms with Gasteiger partial charge >= 0.3 is 0 Å². The molecule has 4 atom stereocenters. The molecule has 6 rings (SSSR count). The second-order valence-corrected chi connectivity index (χ2v) is 10.7. The van der Waals surface area contributed by atoms with Gasteiger partial charge in [0, 0.05) is 42.9 Å². The quantitative estimate of drug-likeness (QED) is 0.582. The summed E-state index contributed by atoms with van der Waals surface area (Å²) in [4.78, 5) is 18.9. The van der Waals surface area contributed by atoms with Gasteiger partial charge < -0.3 is 30.1 Å². The van der Waals surface area contributed by atoms with Crippen LogP contribution >= 0.6 is 0 Å². The first-order valence-corrected chi connectivity index (χ1v) is 15.0. The van der Waals surface area contributed by atoms with E-state index in [4.69, 9.17) is 25.2 Å². The summed E-state index contributed by atoms with van der Waals surface area (Å²) < 4.78 is 12.1. The largest absolute Gasteiger partial charge is 0.487 e. The second-order valence-electron chi connectivity index (χ2n) is 10.7. The predicted octanol–water partition coefficient (Wildman–Crippen LogP) is 4.41. The first-order valence-electron chi connectivity index (χ1n) is 15.0. The SMILES string of the molecule is CC.CC.CCC1CC2COc3c(-c4cnc(N5CCC6(CC5)COC(C)C6N)c(CO)n4)ccnc3N2C1. The van der Waals surface area contributed by atoms with Gasteiger partial charge in [0.25, 0.3) is 0 Å². The van der Waals surface area contributed by atoms with Crippen LogP contribution in [0.2, 0.25) is 0 Å². The topological polar surface area (TPSA) is 110 Å². The third kappa shape index (κ3) is 5.45. The van der Waals surface area contributed by atoms with Crippen LogP contribution in [0.1, 0.15) is 72.9 Å². The van der Waals surface area contributed by atoms with Crippen molar-refractivity contribution in [3.8, 4) is 17.0 Å². The summed E-state index contributed by atoms with van der Waals surface area (Å²) in [6, 6.07) is 2.39. The van der Waals surface area contributed by atoms with Crippen molar-refractivity contribution in [1.29, 1.82) is 0 Å². The van der Waals surface area contributed by atoms with Crippen LogP contribution in [0.5, 0.6) is 5.75 Å². The molecule has 2 aromatic heterocycles. The zero-order valence-electron chi connectivity index (χ0n) is 24.7. The molecule has 6 heterocycles. The van der Waals surface area contributed by atoms with Gasteiger partial charge in [-0.15, -0.1) is 0 Å². The van der Waals surface area contributed by atoms with Crippen LogP contribution in [0.25, 0.3) is 11.3 Å². The first-order chi connectivity index (χ1) is 19.0. The summed E-state index contributed by atoms with van der Waals surface area (Å²) in [5.74, 6) is 3.10. The molecule has 3 saturated heterocycles. The van der Waals surface area contributed by atoms with Gasteiger partial charge in [-0.25, -0.2) is 15.0 Å². The van der Waals surface area contributed by atoms with Crippen molar-refractivity contribution in [3.63, 3.8) is 0 Å². The lowest BCUT2D eigenvalue weighted by molar-refractivity contribution is 0.0973. The molecular weight excluding hydrogens is 492 g/mol. The van der Waals surface area contributed by atoms with Crippen molar-refractivity contribution in [2.75, 3.05) is 42.6 Å². The minimum absolute atomic E-state index is 0.0420. The number of aromatic nitrogens is 3. The fourth-order valence-electron chi connectivity index (χ4n) is 6.45. The Morgan fingerprint density at radius 3 is 2.51 bits per heavy atom. The average molecular weight is 541 g/mol. The number of hydrogen-bond acceptors (Lipinski definition) is 9.